The number of primary amides is 1. The molecule has 0 radical (unpaired) electrons. The number of fused-ring (bicyclic) bond motifs is 3. The van der Waals surface area contributed by atoms with E-state index in [9.17, 15) is 14.9 Å². The Morgan fingerprint density at radius 1 is 1.42 bits per heavy atom. The summed E-state index contributed by atoms with van der Waals surface area (Å²) in [5.74, 6) is 0.0816. The minimum absolute atomic E-state index is 0.0514. The van der Waals surface area contributed by atoms with E-state index < -0.39 is 5.91 Å². The van der Waals surface area contributed by atoms with Gasteiger partial charge < -0.3 is 5.73 Å². The van der Waals surface area contributed by atoms with Crippen LogP contribution in [0.5, 0.6) is 0 Å². The Morgan fingerprint density at radius 3 is 2.81 bits per heavy atom. The summed E-state index contributed by atoms with van der Waals surface area (Å²) in [7, 11) is 0. The van der Waals surface area contributed by atoms with E-state index in [1.807, 2.05) is 18.7 Å². The van der Waals surface area contributed by atoms with Crippen LogP contribution in [0.4, 0.5) is 0 Å². The average Bonchev–Trinajstić information content (AvgIpc) is 2.95. The molecule has 0 bridgehead atoms. The highest BCUT2D eigenvalue weighted by molar-refractivity contribution is 7.18. The smallest absolute Gasteiger partial charge is 0.263 e. The molecule has 0 saturated carbocycles. The van der Waals surface area contributed by atoms with Crippen molar-refractivity contribution in [1.29, 1.82) is 5.26 Å². The fourth-order valence-corrected chi connectivity index (χ4v) is 4.71. The van der Waals surface area contributed by atoms with Gasteiger partial charge in [0, 0.05) is 10.9 Å². The molecule has 0 spiro atoms. The predicted molar refractivity (Wildman–Crippen MR) is 101 cm³/mol. The quantitative estimate of drug-likeness (QED) is 0.827. The zero-order chi connectivity index (χ0) is 18.8. The molecule has 0 atom stereocenters. The van der Waals surface area contributed by atoms with E-state index >= 15 is 0 Å². The third kappa shape index (κ3) is 3.50. The molecule has 1 amide bonds. The van der Waals surface area contributed by atoms with Gasteiger partial charge in [0.1, 0.15) is 17.2 Å². The van der Waals surface area contributed by atoms with E-state index in [0.29, 0.717) is 17.8 Å². The number of nitriles is 1. The summed E-state index contributed by atoms with van der Waals surface area (Å²) in [6.07, 6.45) is 4.11. The monoisotopic (exact) mass is 373 g/mol. The van der Waals surface area contributed by atoms with Crippen molar-refractivity contribution in [2.75, 3.05) is 6.54 Å². The molecule has 2 N–H and O–H groups in total. The molecule has 8 heteroatoms. The van der Waals surface area contributed by atoms with Crippen LogP contribution in [0.15, 0.2) is 4.79 Å². The maximum atomic E-state index is 13.1. The van der Waals surface area contributed by atoms with Crippen LogP contribution in [0.25, 0.3) is 10.2 Å². The molecule has 0 aromatic carbocycles. The normalized spacial score (nSPS) is 14.0. The van der Waals surface area contributed by atoms with E-state index in [2.05, 4.69) is 6.07 Å². The van der Waals surface area contributed by atoms with E-state index in [1.54, 1.807) is 11.3 Å². The van der Waals surface area contributed by atoms with Crippen molar-refractivity contribution in [2.45, 2.75) is 58.7 Å². The van der Waals surface area contributed by atoms with Crippen molar-refractivity contribution in [3.05, 3.63) is 26.6 Å². The van der Waals surface area contributed by atoms with Gasteiger partial charge in [0.2, 0.25) is 5.91 Å². The van der Waals surface area contributed by atoms with E-state index in [4.69, 9.17) is 10.7 Å². The molecule has 7 nitrogen and oxygen atoms in total. The molecule has 26 heavy (non-hydrogen) atoms. The zero-order valence-corrected chi connectivity index (χ0v) is 15.9. The molecule has 0 aliphatic heterocycles. The summed E-state index contributed by atoms with van der Waals surface area (Å²) in [4.78, 5) is 33.1. The second-order valence-electron chi connectivity index (χ2n) is 6.93. The lowest BCUT2D eigenvalue weighted by Gasteiger charge is -2.25. The first-order chi connectivity index (χ1) is 12.4. The van der Waals surface area contributed by atoms with Crippen molar-refractivity contribution in [2.24, 2.45) is 5.73 Å². The standard InChI is InChI=1S/C18H23N5O2S/c1-11(2)22(9-14(20)24)10-15-21-17-16(18(25)23(15)8-7-19)12-5-3-4-6-13(12)26-17/h11H,3-6,8-10H2,1-2H3,(H2,20,24). The number of rotatable bonds is 6. The number of aryl methyl sites for hydroxylation is 2. The SMILES string of the molecule is CC(C)N(CC(N)=O)Cc1nc2sc3c(c2c(=O)n1CC#N)CCCC3. The molecular weight excluding hydrogens is 350 g/mol. The van der Waals surface area contributed by atoms with Crippen LogP contribution in [0.3, 0.4) is 0 Å². The minimum atomic E-state index is -0.430. The number of nitrogens with zero attached hydrogens (tertiary/aromatic N) is 4. The maximum Gasteiger partial charge on any atom is 0.263 e. The highest BCUT2D eigenvalue weighted by atomic mass is 32.1. The fraction of sp³-hybridized carbons (Fsp3) is 0.556. The first-order valence-corrected chi connectivity index (χ1v) is 9.67. The lowest BCUT2D eigenvalue weighted by Crippen LogP contribution is -2.40. The second-order valence-corrected chi connectivity index (χ2v) is 8.02. The zero-order valence-electron chi connectivity index (χ0n) is 15.1. The van der Waals surface area contributed by atoms with Crippen molar-refractivity contribution < 1.29 is 4.79 Å². The Labute approximate surface area is 156 Å². The molecule has 0 unspecified atom stereocenters. The molecule has 2 heterocycles. The topological polar surface area (TPSA) is 105 Å². The first kappa shape index (κ1) is 18.5. The maximum absolute atomic E-state index is 13.1. The lowest BCUT2D eigenvalue weighted by molar-refractivity contribution is -0.119. The average molecular weight is 373 g/mol. The molecular formula is C18H23N5O2S. The number of nitrogens with two attached hydrogens (primary N) is 1. The van der Waals surface area contributed by atoms with Gasteiger partial charge in [-0.15, -0.1) is 11.3 Å². The Balaban J connectivity index is 2.12. The number of carbonyl (C=O) groups is 1. The number of aromatic nitrogens is 2. The van der Waals surface area contributed by atoms with Crippen LogP contribution >= 0.6 is 11.3 Å². The third-order valence-corrected chi connectivity index (χ3v) is 6.00. The van der Waals surface area contributed by atoms with E-state index in [-0.39, 0.29) is 24.7 Å². The second kappa shape index (κ2) is 7.56. The number of hydrogen-bond acceptors (Lipinski definition) is 6. The summed E-state index contributed by atoms with van der Waals surface area (Å²) in [6, 6.07) is 2.12. The number of hydrogen-bond donors (Lipinski definition) is 1. The number of thiophene rings is 1. The van der Waals surface area contributed by atoms with Crippen molar-refractivity contribution in [3.8, 4) is 6.07 Å². The predicted octanol–water partition coefficient (Wildman–Crippen LogP) is 1.56. The first-order valence-electron chi connectivity index (χ1n) is 8.85. The van der Waals surface area contributed by atoms with Crippen molar-refractivity contribution >= 4 is 27.5 Å². The Kier molecular flexibility index (Phi) is 5.39. The van der Waals surface area contributed by atoms with Gasteiger partial charge in [-0.05, 0) is 45.1 Å². The summed E-state index contributed by atoms with van der Waals surface area (Å²) in [6.45, 7) is 4.25. The summed E-state index contributed by atoms with van der Waals surface area (Å²) in [5.41, 5.74) is 6.32. The summed E-state index contributed by atoms with van der Waals surface area (Å²) >= 11 is 1.59. The molecule has 0 fully saturated rings. The van der Waals surface area contributed by atoms with Crippen LogP contribution in [0, 0.1) is 11.3 Å². The van der Waals surface area contributed by atoms with Crippen LogP contribution in [0.2, 0.25) is 0 Å². The molecule has 1 aliphatic rings. The van der Waals surface area contributed by atoms with Crippen molar-refractivity contribution in [1.82, 2.24) is 14.5 Å². The highest BCUT2D eigenvalue weighted by Gasteiger charge is 2.23. The van der Waals surface area contributed by atoms with Crippen LogP contribution in [0.1, 0.15) is 43.0 Å². The van der Waals surface area contributed by atoms with Gasteiger partial charge in [-0.1, -0.05) is 0 Å². The van der Waals surface area contributed by atoms with Gasteiger partial charge in [0.05, 0.1) is 24.5 Å². The van der Waals surface area contributed by atoms with Gasteiger partial charge in [0.15, 0.2) is 0 Å². The van der Waals surface area contributed by atoms with E-state index in [0.717, 1.165) is 36.1 Å². The Hall–Kier alpha value is -2.24. The Morgan fingerprint density at radius 2 is 2.15 bits per heavy atom. The Bertz CT molecular complexity index is 938. The molecule has 2 aromatic rings. The lowest BCUT2D eigenvalue weighted by atomic mass is 9.97. The molecule has 1 aliphatic carbocycles. The van der Waals surface area contributed by atoms with Gasteiger partial charge >= 0.3 is 0 Å². The van der Waals surface area contributed by atoms with Gasteiger partial charge in [-0.2, -0.15) is 5.26 Å². The van der Waals surface area contributed by atoms with Gasteiger partial charge in [-0.3, -0.25) is 19.1 Å². The number of carbonyl (C=O) groups excluding carboxylic acids is 1. The summed E-state index contributed by atoms with van der Waals surface area (Å²) in [5, 5.41) is 9.87. The summed E-state index contributed by atoms with van der Waals surface area (Å²) < 4.78 is 1.44. The van der Waals surface area contributed by atoms with Crippen LogP contribution in [-0.4, -0.2) is 32.9 Å². The molecule has 3 rings (SSSR count). The van der Waals surface area contributed by atoms with Gasteiger partial charge in [-0.25, -0.2) is 4.98 Å². The molecule has 2 aromatic heterocycles. The number of amides is 1. The van der Waals surface area contributed by atoms with Crippen LogP contribution in [-0.2, 0) is 30.7 Å². The fourth-order valence-electron chi connectivity index (χ4n) is 3.44. The minimum Gasteiger partial charge on any atom is -0.369 e. The molecule has 0 saturated heterocycles. The van der Waals surface area contributed by atoms with Gasteiger partial charge in [0.25, 0.3) is 5.56 Å². The van der Waals surface area contributed by atoms with Crippen LogP contribution < -0.4 is 11.3 Å². The van der Waals surface area contributed by atoms with Crippen molar-refractivity contribution in [3.63, 3.8) is 0 Å². The largest absolute Gasteiger partial charge is 0.369 e. The third-order valence-electron chi connectivity index (χ3n) is 4.82. The highest BCUT2D eigenvalue weighted by Crippen LogP contribution is 2.33. The van der Waals surface area contributed by atoms with E-state index in [1.165, 1.54) is 9.44 Å². The molecule has 138 valence electrons.